The lowest BCUT2D eigenvalue weighted by molar-refractivity contribution is 0.588. The molecule has 1 heterocycles. The van der Waals surface area contributed by atoms with E-state index in [-0.39, 0.29) is 4.90 Å². The zero-order valence-corrected chi connectivity index (χ0v) is 17.3. The number of hydrogen-bond donors (Lipinski definition) is 3. The molecule has 3 aromatic rings. The molecule has 0 spiro atoms. The number of nitrogens with one attached hydrogen (secondary N) is 3. The van der Waals surface area contributed by atoms with E-state index < -0.39 is 10.0 Å². The van der Waals surface area contributed by atoms with E-state index in [2.05, 4.69) is 31.4 Å². The maximum absolute atomic E-state index is 12.1. The normalized spacial score (nSPS) is 10.9. The molecule has 0 atom stereocenters. The van der Waals surface area contributed by atoms with Gasteiger partial charge in [0.25, 0.3) is 0 Å². The number of benzene rings is 2. The van der Waals surface area contributed by atoms with Crippen molar-refractivity contribution in [3.63, 3.8) is 0 Å². The van der Waals surface area contributed by atoms with Crippen LogP contribution in [0.1, 0.15) is 5.56 Å². The summed E-state index contributed by atoms with van der Waals surface area (Å²) in [5, 5.41) is 15.2. The number of aromatic nitrogens is 2. The van der Waals surface area contributed by atoms with E-state index in [1.54, 1.807) is 48.5 Å². The smallest absolute Gasteiger partial charge is 0.240 e. The van der Waals surface area contributed by atoms with Crippen LogP contribution in [0, 0.1) is 11.3 Å². The molecule has 0 amide bonds. The van der Waals surface area contributed by atoms with Crippen molar-refractivity contribution in [1.82, 2.24) is 14.7 Å². The van der Waals surface area contributed by atoms with Gasteiger partial charge in [0.1, 0.15) is 18.0 Å². The molecule has 0 aliphatic rings. The van der Waals surface area contributed by atoms with E-state index in [1.165, 1.54) is 25.1 Å². The van der Waals surface area contributed by atoms with Gasteiger partial charge in [0, 0.05) is 16.6 Å². The Morgan fingerprint density at radius 1 is 1.00 bits per heavy atom. The Labute approximate surface area is 173 Å². The lowest BCUT2D eigenvalue weighted by Gasteiger charge is -2.13. The van der Waals surface area contributed by atoms with Gasteiger partial charge in [-0.1, -0.05) is 0 Å². The molecule has 3 N–H and O–H groups in total. The third-order valence-electron chi connectivity index (χ3n) is 3.97. The first-order valence-electron chi connectivity index (χ1n) is 8.43. The van der Waals surface area contributed by atoms with Crippen LogP contribution < -0.4 is 15.4 Å². The molecule has 10 heteroatoms. The van der Waals surface area contributed by atoms with Gasteiger partial charge in [0.05, 0.1) is 22.2 Å². The first-order chi connectivity index (χ1) is 13.9. The topological polar surface area (TPSA) is 120 Å². The Hall–Kier alpha value is -3.13. The molecular weight excluding hydrogens is 408 g/mol. The minimum absolute atomic E-state index is 0.158. The number of thioether (sulfide) groups is 1. The number of sulfonamides is 1. The fourth-order valence-electron chi connectivity index (χ4n) is 2.48. The maximum Gasteiger partial charge on any atom is 0.240 e. The summed E-state index contributed by atoms with van der Waals surface area (Å²) < 4.78 is 26.5. The molecule has 1 aromatic heterocycles. The van der Waals surface area contributed by atoms with Gasteiger partial charge >= 0.3 is 0 Å². The van der Waals surface area contributed by atoms with Crippen LogP contribution in [0.15, 0.2) is 64.6 Å². The van der Waals surface area contributed by atoms with Gasteiger partial charge in [0.2, 0.25) is 10.0 Å². The Bertz CT molecular complexity index is 1160. The predicted molar refractivity (Wildman–Crippen MR) is 114 cm³/mol. The third kappa shape index (κ3) is 5.03. The zero-order chi connectivity index (χ0) is 20.9. The second kappa shape index (κ2) is 8.91. The lowest BCUT2D eigenvalue weighted by atomic mass is 10.2. The largest absolute Gasteiger partial charge is 0.340 e. The van der Waals surface area contributed by atoms with Crippen LogP contribution in [0.25, 0.3) is 0 Å². The van der Waals surface area contributed by atoms with Gasteiger partial charge in [-0.05, 0) is 55.8 Å². The van der Waals surface area contributed by atoms with Crippen LogP contribution in [0.3, 0.4) is 0 Å². The van der Waals surface area contributed by atoms with Crippen molar-refractivity contribution in [2.24, 2.45) is 0 Å². The molecule has 0 bridgehead atoms. The van der Waals surface area contributed by atoms with Crippen molar-refractivity contribution >= 4 is 44.8 Å². The molecule has 8 nitrogen and oxygen atoms in total. The van der Waals surface area contributed by atoms with Gasteiger partial charge < -0.3 is 10.6 Å². The summed E-state index contributed by atoms with van der Waals surface area (Å²) in [7, 11) is -2.19. The summed E-state index contributed by atoms with van der Waals surface area (Å²) in [6.07, 6.45) is 3.31. The van der Waals surface area contributed by atoms with E-state index in [9.17, 15) is 8.42 Å². The number of nitriles is 1. The van der Waals surface area contributed by atoms with Gasteiger partial charge in [-0.15, -0.1) is 11.8 Å². The van der Waals surface area contributed by atoms with E-state index >= 15 is 0 Å². The summed E-state index contributed by atoms with van der Waals surface area (Å²) in [6.45, 7) is 0. The zero-order valence-electron chi connectivity index (χ0n) is 15.7. The Morgan fingerprint density at radius 2 is 1.69 bits per heavy atom. The molecular formula is C19H18N6O2S2. The fraction of sp³-hybridized carbons (Fsp3) is 0.105. The highest BCUT2D eigenvalue weighted by atomic mass is 32.2. The number of nitrogens with zero attached hydrogens (tertiary/aromatic N) is 3. The third-order valence-corrected chi connectivity index (χ3v) is 6.17. The summed E-state index contributed by atoms with van der Waals surface area (Å²) in [5.41, 5.74) is 1.97. The Balaban J connectivity index is 1.86. The molecule has 148 valence electrons. The van der Waals surface area contributed by atoms with Crippen molar-refractivity contribution in [3.8, 4) is 6.07 Å². The molecule has 2 aromatic carbocycles. The predicted octanol–water partition coefficient (Wildman–Crippen LogP) is 3.47. The van der Waals surface area contributed by atoms with Gasteiger partial charge in [-0.3, -0.25) is 0 Å². The quantitative estimate of drug-likeness (QED) is 0.491. The Morgan fingerprint density at radius 3 is 2.31 bits per heavy atom. The van der Waals surface area contributed by atoms with E-state index in [4.69, 9.17) is 5.26 Å². The second-order valence-corrected chi connectivity index (χ2v) is 8.53. The van der Waals surface area contributed by atoms with Crippen molar-refractivity contribution in [3.05, 3.63) is 60.4 Å². The molecule has 29 heavy (non-hydrogen) atoms. The summed E-state index contributed by atoms with van der Waals surface area (Å²) >= 11 is 1.49. The molecule has 0 fully saturated rings. The Kier molecular flexibility index (Phi) is 6.33. The van der Waals surface area contributed by atoms with Crippen LogP contribution in [-0.4, -0.2) is 31.7 Å². The van der Waals surface area contributed by atoms with Gasteiger partial charge in [-0.2, -0.15) is 5.26 Å². The van der Waals surface area contributed by atoms with E-state index in [0.717, 1.165) is 10.6 Å². The van der Waals surface area contributed by atoms with Crippen molar-refractivity contribution in [2.45, 2.75) is 9.79 Å². The number of rotatable bonds is 7. The highest BCUT2D eigenvalue weighted by Gasteiger charge is 2.14. The number of anilines is 4. The molecule has 3 rings (SSSR count). The summed E-state index contributed by atoms with van der Waals surface area (Å²) in [5.74, 6) is 1.06. The van der Waals surface area contributed by atoms with Crippen LogP contribution >= 0.6 is 11.8 Å². The maximum atomic E-state index is 12.1. The molecule has 0 aliphatic carbocycles. The van der Waals surface area contributed by atoms with Crippen molar-refractivity contribution in [2.75, 3.05) is 23.9 Å². The lowest BCUT2D eigenvalue weighted by Crippen LogP contribution is -2.18. The molecule has 0 unspecified atom stereocenters. The summed E-state index contributed by atoms with van der Waals surface area (Å²) in [4.78, 5) is 9.44. The van der Waals surface area contributed by atoms with Crippen LogP contribution in [0.2, 0.25) is 0 Å². The van der Waals surface area contributed by atoms with Crippen molar-refractivity contribution in [1.29, 1.82) is 5.26 Å². The molecule has 0 radical (unpaired) electrons. The number of hydrogen-bond acceptors (Lipinski definition) is 8. The minimum Gasteiger partial charge on any atom is -0.340 e. The average molecular weight is 427 g/mol. The SMILES string of the molecule is CNS(=O)(=O)c1ccc(SC)c(Nc2cc(Nc3ccc(C#N)cc3)ncn2)c1. The van der Waals surface area contributed by atoms with E-state index in [0.29, 0.717) is 22.9 Å². The fourth-order valence-corrected chi connectivity index (χ4v) is 3.77. The van der Waals surface area contributed by atoms with Gasteiger partial charge in [-0.25, -0.2) is 23.1 Å². The van der Waals surface area contributed by atoms with Gasteiger partial charge in [0.15, 0.2) is 0 Å². The van der Waals surface area contributed by atoms with Crippen molar-refractivity contribution < 1.29 is 8.42 Å². The van der Waals surface area contributed by atoms with E-state index in [1.807, 2.05) is 6.26 Å². The molecule has 0 aliphatic heterocycles. The van der Waals surface area contributed by atoms with Crippen LogP contribution in [0.4, 0.5) is 23.0 Å². The molecule has 0 saturated heterocycles. The first kappa shape index (κ1) is 20.6. The van der Waals surface area contributed by atoms with Crippen LogP contribution in [-0.2, 0) is 10.0 Å². The average Bonchev–Trinajstić information content (AvgIpc) is 2.74. The highest BCUT2D eigenvalue weighted by Crippen LogP contribution is 2.30. The second-order valence-electron chi connectivity index (χ2n) is 5.80. The highest BCUT2D eigenvalue weighted by molar-refractivity contribution is 7.98. The molecule has 0 saturated carbocycles. The minimum atomic E-state index is -3.56. The summed E-state index contributed by atoms with van der Waals surface area (Å²) in [6, 6.07) is 15.6. The monoisotopic (exact) mass is 426 g/mol. The first-order valence-corrected chi connectivity index (χ1v) is 11.1. The van der Waals surface area contributed by atoms with Crippen LogP contribution in [0.5, 0.6) is 0 Å². The standard InChI is InChI=1S/C19H18N6O2S2/c1-21-29(26,27)15-7-8-17(28-2)16(9-15)25-19-10-18(22-12-23-19)24-14-5-3-13(11-20)4-6-14/h3-10,12,21H,1-2H3,(H2,22,23,24,25).